The van der Waals surface area contributed by atoms with E-state index >= 15 is 0 Å². The Morgan fingerprint density at radius 3 is 2.84 bits per heavy atom. The highest BCUT2D eigenvalue weighted by Gasteiger charge is 2.04. The average Bonchev–Trinajstić information content (AvgIpc) is 2.38. The van der Waals surface area contributed by atoms with E-state index in [1.807, 2.05) is 25.1 Å². The van der Waals surface area contributed by atoms with Gasteiger partial charge in [0.15, 0.2) is 0 Å². The van der Waals surface area contributed by atoms with Crippen molar-refractivity contribution in [2.24, 2.45) is 0 Å². The number of aromatic amines is 1. The molecule has 0 atom stereocenters. The number of carbonyl (C=O) groups excluding carboxylic acids is 1. The van der Waals surface area contributed by atoms with Crippen LogP contribution < -0.4 is 10.9 Å². The fourth-order valence-corrected chi connectivity index (χ4v) is 1.88. The number of H-pyrrole nitrogens is 1. The molecule has 0 aliphatic heterocycles. The van der Waals surface area contributed by atoms with Gasteiger partial charge in [-0.15, -0.1) is 0 Å². The molecule has 0 spiro atoms. The van der Waals surface area contributed by atoms with E-state index in [2.05, 4.69) is 16.4 Å². The normalized spacial score (nSPS) is 10.2. The number of aryl methyl sites for hydroxylation is 1. The van der Waals surface area contributed by atoms with Crippen LogP contribution in [0.1, 0.15) is 21.5 Å². The number of benzene rings is 1. The summed E-state index contributed by atoms with van der Waals surface area (Å²) in [5.74, 6) is -0.223. The molecule has 1 amide bonds. The summed E-state index contributed by atoms with van der Waals surface area (Å²) in [6.07, 6.45) is 2.24. The fourth-order valence-electron chi connectivity index (χ4n) is 1.88. The molecule has 4 heteroatoms. The van der Waals surface area contributed by atoms with Crippen molar-refractivity contribution in [1.29, 1.82) is 0 Å². The third-order valence-corrected chi connectivity index (χ3v) is 2.82. The molecule has 2 rings (SSSR count). The first kappa shape index (κ1) is 13.1. The molecule has 0 saturated carbocycles. The van der Waals surface area contributed by atoms with Crippen LogP contribution in [0.25, 0.3) is 0 Å². The first-order valence-corrected chi connectivity index (χ1v) is 6.17. The van der Waals surface area contributed by atoms with Crippen LogP contribution in [0.5, 0.6) is 0 Å². The zero-order valence-corrected chi connectivity index (χ0v) is 10.8. The molecule has 19 heavy (non-hydrogen) atoms. The smallest absolute Gasteiger partial charge is 0.251 e. The number of hydrogen-bond donors (Lipinski definition) is 2. The van der Waals surface area contributed by atoms with E-state index in [0.29, 0.717) is 12.1 Å². The van der Waals surface area contributed by atoms with Crippen molar-refractivity contribution >= 4 is 5.91 Å². The second kappa shape index (κ2) is 6.00. The van der Waals surface area contributed by atoms with Crippen molar-refractivity contribution < 1.29 is 4.79 Å². The summed E-state index contributed by atoms with van der Waals surface area (Å²) in [6.45, 7) is 2.59. The zero-order valence-electron chi connectivity index (χ0n) is 10.8. The highest BCUT2D eigenvalue weighted by atomic mass is 16.2. The van der Waals surface area contributed by atoms with E-state index in [0.717, 1.165) is 6.42 Å². The number of amides is 1. The third-order valence-electron chi connectivity index (χ3n) is 2.82. The number of nitrogens with one attached hydrogen (secondary N) is 2. The van der Waals surface area contributed by atoms with Gasteiger partial charge in [-0.3, -0.25) is 9.59 Å². The van der Waals surface area contributed by atoms with Crippen molar-refractivity contribution in [3.63, 3.8) is 0 Å². The second-order valence-corrected chi connectivity index (χ2v) is 4.44. The SMILES string of the molecule is Cc1cccc(CCNC(=O)c2cc[nH]c(=O)c2)c1. The Morgan fingerprint density at radius 1 is 1.26 bits per heavy atom. The Balaban J connectivity index is 1.89. The van der Waals surface area contributed by atoms with Gasteiger partial charge in [0.1, 0.15) is 0 Å². The Kier molecular flexibility index (Phi) is 4.13. The standard InChI is InChI=1S/C15H16N2O2/c1-11-3-2-4-12(9-11)5-7-17-15(19)13-6-8-16-14(18)10-13/h2-4,6,8-10H,5,7H2,1H3,(H,16,18)(H,17,19). The van der Waals surface area contributed by atoms with E-state index in [4.69, 9.17) is 0 Å². The van der Waals surface area contributed by atoms with E-state index < -0.39 is 0 Å². The molecule has 1 aromatic carbocycles. The summed E-state index contributed by atoms with van der Waals surface area (Å²) in [5, 5.41) is 2.80. The predicted octanol–water partition coefficient (Wildman–Crippen LogP) is 1.66. The van der Waals surface area contributed by atoms with E-state index in [9.17, 15) is 9.59 Å². The largest absolute Gasteiger partial charge is 0.352 e. The average molecular weight is 256 g/mol. The van der Waals surface area contributed by atoms with Gasteiger partial charge in [0.25, 0.3) is 5.91 Å². The topological polar surface area (TPSA) is 62.0 Å². The molecule has 0 radical (unpaired) electrons. The lowest BCUT2D eigenvalue weighted by Crippen LogP contribution is -2.26. The van der Waals surface area contributed by atoms with Gasteiger partial charge in [-0.25, -0.2) is 0 Å². The number of carbonyl (C=O) groups is 1. The summed E-state index contributed by atoms with van der Waals surface area (Å²) in [5.41, 5.74) is 2.50. The minimum absolute atomic E-state index is 0.223. The molecule has 0 bridgehead atoms. The van der Waals surface area contributed by atoms with Crippen molar-refractivity contribution in [2.75, 3.05) is 6.54 Å². The van der Waals surface area contributed by atoms with Crippen molar-refractivity contribution in [3.05, 3.63) is 69.6 Å². The van der Waals surface area contributed by atoms with E-state index in [-0.39, 0.29) is 11.5 Å². The minimum atomic E-state index is -0.272. The molecule has 2 aromatic rings. The highest BCUT2D eigenvalue weighted by molar-refractivity contribution is 5.93. The van der Waals surface area contributed by atoms with Crippen molar-refractivity contribution in [2.45, 2.75) is 13.3 Å². The molecule has 1 heterocycles. The van der Waals surface area contributed by atoms with Gasteiger partial charge in [0.05, 0.1) is 0 Å². The Bertz CT molecular complexity index is 632. The van der Waals surface area contributed by atoms with Crippen LogP contribution in [-0.2, 0) is 6.42 Å². The van der Waals surface area contributed by atoms with Gasteiger partial charge in [-0.1, -0.05) is 29.8 Å². The van der Waals surface area contributed by atoms with Crippen LogP contribution in [0.3, 0.4) is 0 Å². The van der Waals surface area contributed by atoms with Crippen LogP contribution in [0.2, 0.25) is 0 Å². The van der Waals surface area contributed by atoms with Crippen LogP contribution in [0.15, 0.2) is 47.4 Å². The molecule has 0 aliphatic rings. The quantitative estimate of drug-likeness (QED) is 0.873. The van der Waals surface area contributed by atoms with Gasteiger partial charge >= 0.3 is 0 Å². The maximum absolute atomic E-state index is 11.8. The lowest BCUT2D eigenvalue weighted by molar-refractivity contribution is 0.0954. The molecular weight excluding hydrogens is 240 g/mol. The zero-order chi connectivity index (χ0) is 13.7. The van der Waals surface area contributed by atoms with Gasteiger partial charge < -0.3 is 10.3 Å². The maximum atomic E-state index is 11.8. The molecule has 0 saturated heterocycles. The molecule has 4 nitrogen and oxygen atoms in total. The molecular formula is C15H16N2O2. The predicted molar refractivity (Wildman–Crippen MR) is 74.3 cm³/mol. The maximum Gasteiger partial charge on any atom is 0.251 e. The summed E-state index contributed by atoms with van der Waals surface area (Å²) in [6, 6.07) is 11.1. The van der Waals surface area contributed by atoms with Crippen molar-refractivity contribution in [1.82, 2.24) is 10.3 Å². The van der Waals surface area contributed by atoms with E-state index in [1.165, 1.54) is 23.4 Å². The Hall–Kier alpha value is -2.36. The van der Waals surface area contributed by atoms with Gasteiger partial charge in [-0.2, -0.15) is 0 Å². The van der Waals surface area contributed by atoms with E-state index in [1.54, 1.807) is 6.07 Å². The minimum Gasteiger partial charge on any atom is -0.352 e. The third kappa shape index (κ3) is 3.81. The molecule has 0 aliphatic carbocycles. The molecule has 0 unspecified atom stereocenters. The first-order valence-electron chi connectivity index (χ1n) is 6.17. The Labute approximate surface area is 111 Å². The summed E-state index contributed by atoms with van der Waals surface area (Å²) >= 11 is 0. The second-order valence-electron chi connectivity index (χ2n) is 4.44. The van der Waals surface area contributed by atoms with Gasteiger partial charge in [0, 0.05) is 24.4 Å². The first-order chi connectivity index (χ1) is 9.15. The Morgan fingerprint density at radius 2 is 2.11 bits per heavy atom. The summed E-state index contributed by atoms with van der Waals surface area (Å²) in [7, 11) is 0. The highest BCUT2D eigenvalue weighted by Crippen LogP contribution is 2.04. The number of pyridine rings is 1. The lowest BCUT2D eigenvalue weighted by atomic mass is 10.1. The number of hydrogen-bond acceptors (Lipinski definition) is 2. The van der Waals surface area contributed by atoms with Crippen LogP contribution in [0.4, 0.5) is 0 Å². The van der Waals surface area contributed by atoms with Crippen molar-refractivity contribution in [3.8, 4) is 0 Å². The molecule has 0 fully saturated rings. The van der Waals surface area contributed by atoms with Gasteiger partial charge in [-0.05, 0) is 25.0 Å². The molecule has 1 aromatic heterocycles. The lowest BCUT2D eigenvalue weighted by Gasteiger charge is -2.05. The van der Waals surface area contributed by atoms with Crippen LogP contribution in [-0.4, -0.2) is 17.4 Å². The number of rotatable bonds is 4. The molecule has 2 N–H and O–H groups in total. The van der Waals surface area contributed by atoms with Crippen LogP contribution in [0, 0.1) is 6.92 Å². The summed E-state index contributed by atoms with van der Waals surface area (Å²) in [4.78, 5) is 25.4. The van der Waals surface area contributed by atoms with Crippen LogP contribution >= 0.6 is 0 Å². The van der Waals surface area contributed by atoms with Gasteiger partial charge in [0.2, 0.25) is 5.56 Å². The number of aromatic nitrogens is 1. The molecule has 98 valence electrons. The fraction of sp³-hybridized carbons (Fsp3) is 0.200. The summed E-state index contributed by atoms with van der Waals surface area (Å²) < 4.78 is 0. The monoisotopic (exact) mass is 256 g/mol.